The second-order valence-corrected chi connectivity index (χ2v) is 3.96. The number of hydrogen-bond acceptors (Lipinski definition) is 4. The molecule has 0 amide bonds. The Morgan fingerprint density at radius 3 is 2.94 bits per heavy atom. The van der Waals surface area contributed by atoms with Gasteiger partial charge in [-0.2, -0.15) is 0 Å². The normalized spacial score (nSPS) is 12.1. The van der Waals surface area contributed by atoms with Gasteiger partial charge >= 0.3 is 0 Å². The van der Waals surface area contributed by atoms with Crippen molar-refractivity contribution in [3.63, 3.8) is 0 Å². The third-order valence-electron chi connectivity index (χ3n) is 2.68. The number of pyridine rings is 1. The number of benzene rings is 1. The van der Waals surface area contributed by atoms with Crippen molar-refractivity contribution >= 4 is 22.3 Å². The van der Waals surface area contributed by atoms with E-state index in [0.717, 1.165) is 11.1 Å². The highest BCUT2D eigenvalue weighted by atomic mass is 16.6. The van der Waals surface area contributed by atoms with Crippen LogP contribution >= 0.6 is 0 Å². The molecule has 0 saturated carbocycles. The zero-order chi connectivity index (χ0) is 13.1. The smallest absolute Gasteiger partial charge is 0.295 e. The van der Waals surface area contributed by atoms with Crippen molar-refractivity contribution in [3.05, 3.63) is 53.2 Å². The molecule has 1 unspecified atom stereocenters. The summed E-state index contributed by atoms with van der Waals surface area (Å²) in [5.74, 6) is 0. The molecule has 1 aromatic carbocycles. The lowest BCUT2D eigenvalue weighted by Crippen LogP contribution is -2.11. The fraction of sp³-hybridized carbons (Fsp3) is 0.154. The first-order chi connectivity index (χ1) is 8.63. The van der Waals surface area contributed by atoms with Crippen LogP contribution in [0.3, 0.4) is 0 Å². The molecule has 2 rings (SSSR count). The molecule has 5 heteroatoms. The van der Waals surface area contributed by atoms with Crippen LogP contribution in [0.2, 0.25) is 0 Å². The van der Waals surface area contributed by atoms with Crippen LogP contribution < -0.4 is 5.32 Å². The molecule has 0 aliphatic carbocycles. The van der Waals surface area contributed by atoms with Gasteiger partial charge in [0, 0.05) is 29.4 Å². The van der Waals surface area contributed by atoms with Crippen LogP contribution in [0.4, 0.5) is 11.4 Å². The van der Waals surface area contributed by atoms with Gasteiger partial charge in [0.05, 0.1) is 4.92 Å². The standard InChI is InChI=1S/C13H13N3O2/c1-3-9(2)15-11-6-7-12(16(17)18)13-10(11)5-4-8-14-13/h3-9,15H,1H2,2H3. The second kappa shape index (κ2) is 4.83. The van der Waals surface area contributed by atoms with E-state index in [4.69, 9.17) is 0 Å². The molecule has 1 aromatic heterocycles. The van der Waals surface area contributed by atoms with Crippen molar-refractivity contribution in [1.82, 2.24) is 4.98 Å². The molecule has 0 aliphatic rings. The van der Waals surface area contributed by atoms with E-state index < -0.39 is 4.92 Å². The number of hydrogen-bond donors (Lipinski definition) is 1. The van der Waals surface area contributed by atoms with Crippen molar-refractivity contribution in [2.24, 2.45) is 0 Å². The zero-order valence-corrected chi connectivity index (χ0v) is 9.96. The fourth-order valence-corrected chi connectivity index (χ4v) is 1.74. The van der Waals surface area contributed by atoms with E-state index in [1.54, 1.807) is 24.4 Å². The highest BCUT2D eigenvalue weighted by Gasteiger charge is 2.15. The molecular weight excluding hydrogens is 230 g/mol. The zero-order valence-electron chi connectivity index (χ0n) is 9.96. The molecular formula is C13H13N3O2. The van der Waals surface area contributed by atoms with Gasteiger partial charge in [0.2, 0.25) is 0 Å². The van der Waals surface area contributed by atoms with E-state index in [-0.39, 0.29) is 11.7 Å². The van der Waals surface area contributed by atoms with Crippen molar-refractivity contribution in [1.29, 1.82) is 0 Å². The Labute approximate surface area is 104 Å². The molecule has 2 aromatic rings. The summed E-state index contributed by atoms with van der Waals surface area (Å²) in [5, 5.41) is 14.9. The molecule has 0 spiro atoms. The first-order valence-corrected chi connectivity index (χ1v) is 5.54. The summed E-state index contributed by atoms with van der Waals surface area (Å²) in [6.45, 7) is 5.65. The van der Waals surface area contributed by atoms with Crippen molar-refractivity contribution in [2.45, 2.75) is 13.0 Å². The number of nitrogens with one attached hydrogen (secondary N) is 1. The van der Waals surface area contributed by atoms with Crippen LogP contribution in [-0.2, 0) is 0 Å². The first kappa shape index (κ1) is 12.0. The minimum atomic E-state index is -0.421. The number of nitrogens with zero attached hydrogens (tertiary/aromatic N) is 2. The van der Waals surface area contributed by atoms with Gasteiger partial charge in [-0.3, -0.25) is 10.1 Å². The summed E-state index contributed by atoms with van der Waals surface area (Å²) in [5.41, 5.74) is 1.22. The fourth-order valence-electron chi connectivity index (χ4n) is 1.74. The molecule has 18 heavy (non-hydrogen) atoms. The van der Waals surface area contributed by atoms with E-state index in [1.165, 1.54) is 6.07 Å². The number of fused-ring (bicyclic) bond motifs is 1. The van der Waals surface area contributed by atoms with E-state index in [1.807, 2.05) is 13.0 Å². The summed E-state index contributed by atoms with van der Waals surface area (Å²) in [6.07, 6.45) is 3.32. The Hall–Kier alpha value is -2.43. The Morgan fingerprint density at radius 1 is 1.50 bits per heavy atom. The number of anilines is 1. The molecule has 0 saturated heterocycles. The van der Waals surface area contributed by atoms with E-state index in [9.17, 15) is 10.1 Å². The molecule has 0 radical (unpaired) electrons. The average molecular weight is 243 g/mol. The maximum absolute atomic E-state index is 10.9. The number of non-ortho nitro benzene ring substituents is 1. The van der Waals surface area contributed by atoms with Crippen molar-refractivity contribution in [2.75, 3.05) is 5.32 Å². The van der Waals surface area contributed by atoms with Crippen LogP contribution in [0, 0.1) is 10.1 Å². The molecule has 0 aliphatic heterocycles. The summed E-state index contributed by atoms with van der Waals surface area (Å²) in [6, 6.07) is 6.81. The Bertz CT molecular complexity index is 610. The van der Waals surface area contributed by atoms with Crippen LogP contribution in [0.1, 0.15) is 6.92 Å². The summed E-state index contributed by atoms with van der Waals surface area (Å²) in [4.78, 5) is 14.6. The highest BCUT2D eigenvalue weighted by molar-refractivity contribution is 5.97. The lowest BCUT2D eigenvalue weighted by Gasteiger charge is -2.13. The third-order valence-corrected chi connectivity index (χ3v) is 2.68. The quantitative estimate of drug-likeness (QED) is 0.509. The van der Waals surface area contributed by atoms with Crippen LogP contribution in [0.5, 0.6) is 0 Å². The summed E-state index contributed by atoms with van der Waals surface area (Å²) in [7, 11) is 0. The lowest BCUT2D eigenvalue weighted by atomic mass is 10.1. The van der Waals surface area contributed by atoms with Gasteiger partial charge in [-0.15, -0.1) is 6.58 Å². The van der Waals surface area contributed by atoms with Gasteiger partial charge < -0.3 is 5.32 Å². The maximum atomic E-state index is 10.9. The van der Waals surface area contributed by atoms with Crippen LogP contribution in [0.25, 0.3) is 10.9 Å². The monoisotopic (exact) mass is 243 g/mol. The predicted molar refractivity (Wildman–Crippen MR) is 71.7 cm³/mol. The van der Waals surface area contributed by atoms with Gasteiger partial charge in [0.25, 0.3) is 5.69 Å². The SMILES string of the molecule is C=CC(C)Nc1ccc([N+](=O)[O-])c2ncccc12. The van der Waals surface area contributed by atoms with Gasteiger partial charge in [-0.25, -0.2) is 4.98 Å². The number of nitro benzene ring substituents is 1. The Morgan fingerprint density at radius 2 is 2.28 bits per heavy atom. The van der Waals surface area contributed by atoms with Crippen LogP contribution in [-0.4, -0.2) is 15.9 Å². The number of nitro groups is 1. The Kier molecular flexibility index (Phi) is 3.23. The van der Waals surface area contributed by atoms with Gasteiger partial charge in [0.15, 0.2) is 0 Å². The largest absolute Gasteiger partial charge is 0.379 e. The predicted octanol–water partition coefficient (Wildman–Crippen LogP) is 3.13. The molecule has 1 atom stereocenters. The van der Waals surface area contributed by atoms with E-state index in [2.05, 4.69) is 16.9 Å². The second-order valence-electron chi connectivity index (χ2n) is 3.96. The van der Waals surface area contributed by atoms with Crippen molar-refractivity contribution in [3.8, 4) is 0 Å². The molecule has 92 valence electrons. The van der Waals surface area contributed by atoms with E-state index in [0.29, 0.717) is 5.52 Å². The molecule has 5 nitrogen and oxygen atoms in total. The minimum Gasteiger partial charge on any atom is -0.379 e. The maximum Gasteiger partial charge on any atom is 0.295 e. The third kappa shape index (κ3) is 2.15. The molecule has 0 bridgehead atoms. The molecule has 1 heterocycles. The number of rotatable bonds is 4. The molecule has 0 fully saturated rings. The van der Waals surface area contributed by atoms with Gasteiger partial charge in [-0.05, 0) is 25.1 Å². The summed E-state index contributed by atoms with van der Waals surface area (Å²) >= 11 is 0. The van der Waals surface area contributed by atoms with Crippen LogP contribution in [0.15, 0.2) is 43.1 Å². The summed E-state index contributed by atoms with van der Waals surface area (Å²) < 4.78 is 0. The average Bonchev–Trinajstić information content (AvgIpc) is 2.38. The Balaban J connectivity index is 2.60. The number of aromatic nitrogens is 1. The minimum absolute atomic E-state index is 0.0161. The highest BCUT2D eigenvalue weighted by Crippen LogP contribution is 2.29. The van der Waals surface area contributed by atoms with Crippen molar-refractivity contribution < 1.29 is 4.92 Å². The topological polar surface area (TPSA) is 68.1 Å². The van der Waals surface area contributed by atoms with E-state index >= 15 is 0 Å². The van der Waals surface area contributed by atoms with Gasteiger partial charge in [-0.1, -0.05) is 6.08 Å². The first-order valence-electron chi connectivity index (χ1n) is 5.54. The lowest BCUT2D eigenvalue weighted by molar-refractivity contribution is -0.383. The molecule has 1 N–H and O–H groups in total. The van der Waals surface area contributed by atoms with Gasteiger partial charge in [0.1, 0.15) is 5.52 Å².